The van der Waals surface area contributed by atoms with Crippen LogP contribution in [0.4, 0.5) is 0 Å². The molecule has 12 nitrogen and oxygen atoms in total. The highest BCUT2D eigenvalue weighted by Gasteiger charge is 2.59. The van der Waals surface area contributed by atoms with Gasteiger partial charge in [-0.05, 0) is 0 Å². The van der Waals surface area contributed by atoms with Crippen molar-refractivity contribution in [3.8, 4) is 0 Å². The van der Waals surface area contributed by atoms with Crippen molar-refractivity contribution < 1.29 is 50.5 Å². The van der Waals surface area contributed by atoms with Crippen molar-refractivity contribution in [1.82, 2.24) is 0 Å². The van der Waals surface area contributed by atoms with E-state index in [0.717, 1.165) is 0 Å². The third-order valence-electron chi connectivity index (χ3n) is 3.91. The molecule has 0 bridgehead atoms. The van der Waals surface area contributed by atoms with E-state index in [4.69, 9.17) is 0 Å². The van der Waals surface area contributed by atoms with Crippen LogP contribution in [0.2, 0.25) is 0 Å². The zero-order valence-electron chi connectivity index (χ0n) is 16.5. The fraction of sp³-hybridized carbons (Fsp3) is 0.636. The van der Waals surface area contributed by atoms with Crippen LogP contribution < -0.4 is 0 Å². The highest BCUT2D eigenvalue weighted by molar-refractivity contribution is 8.24. The Morgan fingerprint density at radius 3 is 1.10 bits per heavy atom. The third kappa shape index (κ3) is 5.35. The first kappa shape index (κ1) is 27.3. The van der Waals surface area contributed by atoms with E-state index in [1.807, 2.05) is 0 Å². The van der Waals surface area contributed by atoms with Crippen LogP contribution in [0.25, 0.3) is 0 Å². The van der Waals surface area contributed by atoms with Crippen LogP contribution in [0.15, 0.2) is 19.5 Å². The van der Waals surface area contributed by atoms with Crippen molar-refractivity contribution in [1.29, 1.82) is 0 Å². The first-order chi connectivity index (χ1) is 12.7. The zero-order valence-corrected chi connectivity index (χ0v) is 21.4. The predicted molar refractivity (Wildman–Crippen MR) is 113 cm³/mol. The summed E-state index contributed by atoms with van der Waals surface area (Å²) in [6, 6.07) is 0. The molecule has 0 aromatic rings. The van der Waals surface area contributed by atoms with Gasteiger partial charge in [-0.15, -0.1) is 0 Å². The zero-order chi connectivity index (χ0) is 24.5. The Balaban J connectivity index is 4.94. The fourth-order valence-electron chi connectivity index (χ4n) is 3.06. The smallest absolute Gasteiger partial charge is 0.241 e. The molecule has 1 aliphatic heterocycles. The Labute approximate surface area is 176 Å². The second-order valence-electron chi connectivity index (χ2n) is 6.98. The maximum Gasteiger partial charge on any atom is 0.360 e. The molecule has 174 valence electrons. The fourth-order valence-corrected chi connectivity index (χ4v) is 15.6. The quantitative estimate of drug-likeness (QED) is 0.308. The number of rotatable bonds is 6. The molecule has 0 spiro atoms. The molecule has 19 heteroatoms. The van der Waals surface area contributed by atoms with Crippen LogP contribution in [0.3, 0.4) is 0 Å². The van der Waals surface area contributed by atoms with Gasteiger partial charge in [0, 0.05) is 37.5 Å². The van der Waals surface area contributed by atoms with Gasteiger partial charge in [-0.25, -0.2) is 50.5 Å². The molecule has 0 amide bonds. The van der Waals surface area contributed by atoms with Crippen molar-refractivity contribution in [2.75, 3.05) is 37.5 Å². The summed E-state index contributed by atoms with van der Waals surface area (Å²) in [5, 5.41) is -2.71. The first-order valence-electron chi connectivity index (χ1n) is 7.40. The SMILES string of the molecule is CS(=O)(=O)B1C(S(C)(=O)=O)=C(S(C)(=O)=O)C(S(C)(=O)=O)=C(S(C)(=O)=O)C1S(C)(=O)=O. The van der Waals surface area contributed by atoms with E-state index < -0.39 is 89.5 Å². The maximum absolute atomic E-state index is 12.5. The van der Waals surface area contributed by atoms with Crippen LogP contribution in [0.1, 0.15) is 0 Å². The Bertz CT molecular complexity index is 1380. The monoisotopic (exact) mass is 546 g/mol. The number of hydrogen-bond donors (Lipinski definition) is 0. The summed E-state index contributed by atoms with van der Waals surface area (Å²) in [4.78, 5) is -6.20. The van der Waals surface area contributed by atoms with Gasteiger partial charge in [-0.2, -0.15) is 0 Å². The summed E-state index contributed by atoms with van der Waals surface area (Å²) in [6.45, 7) is 0. The van der Waals surface area contributed by atoms with Gasteiger partial charge in [-0.3, -0.25) is 0 Å². The summed E-state index contributed by atoms with van der Waals surface area (Å²) < 4.78 is 149. The molecule has 30 heavy (non-hydrogen) atoms. The van der Waals surface area contributed by atoms with Crippen LogP contribution in [0.5, 0.6) is 0 Å². The van der Waals surface area contributed by atoms with Crippen LogP contribution in [0, 0.1) is 0 Å². The number of hydrogen-bond acceptors (Lipinski definition) is 12. The van der Waals surface area contributed by atoms with Crippen LogP contribution in [-0.4, -0.2) is 99.2 Å². The maximum atomic E-state index is 12.5. The molecule has 1 aliphatic rings. The molecule has 0 N–H and O–H groups in total. The lowest BCUT2D eigenvalue weighted by molar-refractivity contribution is 0.591. The molecule has 0 radical (unpaired) electrons. The highest BCUT2D eigenvalue weighted by atomic mass is 32.2. The Kier molecular flexibility index (Phi) is 6.72. The minimum atomic E-state index is -4.91. The van der Waals surface area contributed by atoms with Gasteiger partial charge in [0.05, 0.1) is 19.8 Å². The normalized spacial score (nSPS) is 20.6. The lowest BCUT2D eigenvalue weighted by Crippen LogP contribution is -2.53. The van der Waals surface area contributed by atoms with E-state index >= 15 is 0 Å². The minimum absolute atomic E-state index is 0.346. The first-order valence-corrected chi connectivity index (χ1v) is 18.9. The van der Waals surface area contributed by atoms with E-state index in [1.165, 1.54) is 0 Å². The minimum Gasteiger partial charge on any atom is -0.241 e. The summed E-state index contributed by atoms with van der Waals surface area (Å²) >= 11 is 0. The van der Waals surface area contributed by atoms with Crippen molar-refractivity contribution in [3.05, 3.63) is 19.5 Å². The molecule has 1 heterocycles. The molecule has 1 atom stereocenters. The lowest BCUT2D eigenvalue weighted by atomic mass is 9.68. The summed E-state index contributed by atoms with van der Waals surface area (Å²) in [5.41, 5.74) is 0. The van der Waals surface area contributed by atoms with Gasteiger partial charge < -0.3 is 0 Å². The van der Waals surface area contributed by atoms with Gasteiger partial charge in [0.15, 0.2) is 39.3 Å². The standard InChI is InChI=1S/C11H19BO12S6/c1-25(13,14)7-8(26(2,15)16)10(28(4,19)20)12(30(6,23)24)11(29(5,21)22)9(7)27(3,17)18/h10H,1-6H3. The second kappa shape index (κ2) is 7.40. The molecule has 0 saturated carbocycles. The van der Waals surface area contributed by atoms with Crippen molar-refractivity contribution in [3.63, 3.8) is 0 Å². The molecular weight excluding hydrogens is 527 g/mol. The number of sulfone groups is 5. The summed E-state index contributed by atoms with van der Waals surface area (Å²) in [5.74, 6) is -2.71. The molecule has 1 rings (SSSR count). The molecule has 0 saturated heterocycles. The van der Waals surface area contributed by atoms with Crippen molar-refractivity contribution >= 4 is 64.9 Å². The average Bonchev–Trinajstić information content (AvgIpc) is 2.37. The molecule has 1 unspecified atom stereocenters. The molecule has 0 aromatic carbocycles. The topological polar surface area (TPSA) is 205 Å². The van der Waals surface area contributed by atoms with E-state index in [1.54, 1.807) is 0 Å². The Morgan fingerprint density at radius 2 is 0.900 bits per heavy atom. The molecule has 0 aromatic heterocycles. The summed E-state index contributed by atoms with van der Waals surface area (Å²) in [7, 11) is -29.2. The predicted octanol–water partition coefficient (Wildman–Crippen LogP) is -2.87. The average molecular weight is 546 g/mol. The largest absolute Gasteiger partial charge is 0.360 e. The second-order valence-corrected chi connectivity index (χ2v) is 19.2. The van der Waals surface area contributed by atoms with E-state index in [-0.39, 0.29) is 0 Å². The van der Waals surface area contributed by atoms with E-state index in [9.17, 15) is 50.5 Å². The van der Waals surface area contributed by atoms with Gasteiger partial charge >= 0.3 is 5.99 Å². The third-order valence-corrected chi connectivity index (χ3v) is 12.5. The van der Waals surface area contributed by atoms with Crippen LogP contribution in [-0.2, 0) is 58.9 Å². The Hall–Kier alpha value is -0.755. The summed E-state index contributed by atoms with van der Waals surface area (Å²) in [6.07, 6.45) is 2.17. The molecular formula is C11H19BO12S6. The highest BCUT2D eigenvalue weighted by Crippen LogP contribution is 2.43. The molecule has 0 aliphatic carbocycles. The van der Waals surface area contributed by atoms with Gasteiger partial charge in [0.25, 0.3) is 0 Å². The van der Waals surface area contributed by atoms with Gasteiger partial charge in [-0.1, -0.05) is 0 Å². The van der Waals surface area contributed by atoms with Gasteiger partial charge in [0.1, 0.15) is 24.4 Å². The lowest BCUT2D eigenvalue weighted by Gasteiger charge is -2.32. The van der Waals surface area contributed by atoms with Crippen LogP contribution >= 0.6 is 0 Å². The van der Waals surface area contributed by atoms with E-state index in [2.05, 4.69) is 0 Å². The van der Waals surface area contributed by atoms with Crippen molar-refractivity contribution in [2.24, 2.45) is 0 Å². The van der Waals surface area contributed by atoms with E-state index in [0.29, 0.717) is 37.5 Å². The molecule has 0 fully saturated rings. The van der Waals surface area contributed by atoms with Gasteiger partial charge in [0.2, 0.25) is 0 Å². The van der Waals surface area contributed by atoms with Crippen molar-refractivity contribution in [2.45, 2.75) is 5.15 Å². The Morgan fingerprint density at radius 1 is 0.533 bits per heavy atom.